The minimum Gasteiger partial charge on any atom is -0.343 e. The normalized spacial score (nSPS) is 25.0. The molecule has 0 amide bonds. The SMILES string of the molecule is O=C1C[C@@H](Sc2nc(-c3ccc(F)cc3)cc(C(F)(F)F)n2)[C@@H]2CO[C@@H]1O2. The Kier molecular flexibility index (Phi) is 4.65. The van der Waals surface area contributed by atoms with Gasteiger partial charge in [0.05, 0.1) is 18.4 Å². The van der Waals surface area contributed by atoms with Crippen molar-refractivity contribution in [1.82, 2.24) is 9.97 Å². The van der Waals surface area contributed by atoms with E-state index in [2.05, 4.69) is 9.97 Å². The van der Waals surface area contributed by atoms with Crippen molar-refractivity contribution in [2.45, 2.75) is 35.4 Å². The summed E-state index contributed by atoms with van der Waals surface area (Å²) in [6.45, 7) is 0.192. The second kappa shape index (κ2) is 6.84. The number of ketones is 1. The monoisotopic (exact) mass is 400 g/mol. The molecule has 3 heterocycles. The highest BCUT2D eigenvalue weighted by atomic mass is 32.2. The van der Waals surface area contributed by atoms with Crippen LogP contribution in [0.25, 0.3) is 11.3 Å². The van der Waals surface area contributed by atoms with Crippen molar-refractivity contribution >= 4 is 17.5 Å². The summed E-state index contributed by atoms with van der Waals surface area (Å²) in [5, 5.41) is -0.572. The number of benzene rings is 1. The maximum atomic E-state index is 13.3. The third-order valence-electron chi connectivity index (χ3n) is 4.18. The second-order valence-electron chi connectivity index (χ2n) is 6.09. The van der Waals surface area contributed by atoms with E-state index in [4.69, 9.17) is 9.47 Å². The van der Waals surface area contributed by atoms with Gasteiger partial charge in [0.2, 0.25) is 6.29 Å². The lowest BCUT2D eigenvalue weighted by Crippen LogP contribution is -2.37. The molecule has 2 aliphatic rings. The van der Waals surface area contributed by atoms with Gasteiger partial charge in [-0.1, -0.05) is 11.8 Å². The van der Waals surface area contributed by atoms with E-state index < -0.39 is 35.3 Å². The molecule has 142 valence electrons. The van der Waals surface area contributed by atoms with Crippen LogP contribution in [0.3, 0.4) is 0 Å². The molecule has 3 atom stereocenters. The molecule has 0 saturated carbocycles. The smallest absolute Gasteiger partial charge is 0.343 e. The molecule has 0 radical (unpaired) electrons. The topological polar surface area (TPSA) is 61.3 Å². The molecule has 2 fully saturated rings. The molecule has 10 heteroatoms. The van der Waals surface area contributed by atoms with E-state index >= 15 is 0 Å². The van der Waals surface area contributed by atoms with Gasteiger partial charge in [-0.05, 0) is 30.3 Å². The molecule has 2 saturated heterocycles. The Labute approximate surface area is 155 Å². The number of ether oxygens (including phenoxy) is 2. The van der Waals surface area contributed by atoms with Crippen LogP contribution < -0.4 is 0 Å². The average Bonchev–Trinajstić information content (AvgIpc) is 3.05. The summed E-state index contributed by atoms with van der Waals surface area (Å²) < 4.78 is 63.5. The number of aromatic nitrogens is 2. The van der Waals surface area contributed by atoms with Crippen LogP contribution in [0.5, 0.6) is 0 Å². The fraction of sp³-hybridized carbons (Fsp3) is 0.353. The van der Waals surface area contributed by atoms with Crippen LogP contribution in [0.4, 0.5) is 17.6 Å². The van der Waals surface area contributed by atoms with Crippen LogP contribution in [0.15, 0.2) is 35.5 Å². The van der Waals surface area contributed by atoms with E-state index in [9.17, 15) is 22.4 Å². The minimum absolute atomic E-state index is 0.0171. The molecular weight excluding hydrogens is 388 g/mol. The lowest BCUT2D eigenvalue weighted by atomic mass is 10.1. The Morgan fingerprint density at radius 3 is 2.59 bits per heavy atom. The number of hydrogen-bond acceptors (Lipinski definition) is 6. The first-order chi connectivity index (χ1) is 12.8. The Morgan fingerprint density at radius 2 is 1.89 bits per heavy atom. The molecule has 1 aromatic heterocycles. The Bertz CT molecular complexity index is 875. The molecule has 27 heavy (non-hydrogen) atoms. The van der Waals surface area contributed by atoms with Crippen LogP contribution in [0.1, 0.15) is 12.1 Å². The summed E-state index contributed by atoms with van der Waals surface area (Å²) >= 11 is 0.948. The third kappa shape index (κ3) is 3.83. The van der Waals surface area contributed by atoms with Gasteiger partial charge in [-0.15, -0.1) is 0 Å². The maximum absolute atomic E-state index is 13.3. The van der Waals surface area contributed by atoms with E-state index in [0.717, 1.165) is 30.0 Å². The van der Waals surface area contributed by atoms with Crippen molar-refractivity contribution in [3.63, 3.8) is 0 Å². The van der Waals surface area contributed by atoms with Gasteiger partial charge in [-0.2, -0.15) is 13.2 Å². The zero-order valence-corrected chi connectivity index (χ0v) is 14.4. The van der Waals surface area contributed by atoms with E-state index in [1.807, 2.05) is 0 Å². The fourth-order valence-electron chi connectivity index (χ4n) is 2.85. The quantitative estimate of drug-likeness (QED) is 0.581. The summed E-state index contributed by atoms with van der Waals surface area (Å²) in [7, 11) is 0. The van der Waals surface area contributed by atoms with Gasteiger partial charge in [0.15, 0.2) is 10.9 Å². The highest BCUT2D eigenvalue weighted by molar-refractivity contribution is 7.99. The lowest BCUT2D eigenvalue weighted by Gasteiger charge is -2.25. The summed E-state index contributed by atoms with van der Waals surface area (Å²) in [6.07, 6.45) is -5.87. The van der Waals surface area contributed by atoms with E-state index in [-0.39, 0.29) is 29.7 Å². The van der Waals surface area contributed by atoms with Gasteiger partial charge in [-0.25, -0.2) is 14.4 Å². The summed E-state index contributed by atoms with van der Waals surface area (Å²) in [6, 6.07) is 5.78. The molecule has 2 aliphatic heterocycles. The lowest BCUT2D eigenvalue weighted by molar-refractivity contribution is -0.151. The minimum atomic E-state index is -4.67. The number of carbonyl (C=O) groups excluding carboxylic acids is 1. The first-order valence-corrected chi connectivity index (χ1v) is 8.86. The first kappa shape index (κ1) is 18.3. The van der Waals surface area contributed by atoms with E-state index in [0.29, 0.717) is 5.56 Å². The third-order valence-corrected chi connectivity index (χ3v) is 5.35. The van der Waals surface area contributed by atoms with Gasteiger partial charge < -0.3 is 9.47 Å². The predicted molar refractivity (Wildman–Crippen MR) is 86.3 cm³/mol. The highest BCUT2D eigenvalue weighted by Gasteiger charge is 2.44. The Hall–Kier alpha value is -2.04. The molecule has 0 aliphatic carbocycles. The van der Waals surface area contributed by atoms with Crippen LogP contribution >= 0.6 is 11.8 Å². The van der Waals surface area contributed by atoms with E-state index in [1.165, 1.54) is 12.1 Å². The molecule has 2 aromatic rings. The van der Waals surface area contributed by atoms with E-state index in [1.54, 1.807) is 0 Å². The van der Waals surface area contributed by atoms with Crippen LogP contribution in [0.2, 0.25) is 0 Å². The largest absolute Gasteiger partial charge is 0.433 e. The Balaban J connectivity index is 1.68. The molecular formula is C17H12F4N2O3S. The molecule has 4 rings (SSSR count). The van der Waals surface area contributed by atoms with Crippen molar-refractivity contribution in [2.75, 3.05) is 6.61 Å². The molecule has 2 bridgehead atoms. The summed E-state index contributed by atoms with van der Waals surface area (Å²) in [5.41, 5.74) is -0.766. The van der Waals surface area contributed by atoms with Crippen LogP contribution in [-0.2, 0) is 20.4 Å². The Morgan fingerprint density at radius 1 is 1.15 bits per heavy atom. The number of Topliss-reactive ketones (excluding diaryl/α,β-unsaturated/α-hetero) is 1. The number of carbonyl (C=O) groups is 1. The van der Waals surface area contributed by atoms with Gasteiger partial charge >= 0.3 is 6.18 Å². The molecule has 0 spiro atoms. The zero-order valence-electron chi connectivity index (χ0n) is 13.6. The average molecular weight is 400 g/mol. The summed E-state index contributed by atoms with van der Waals surface area (Å²) in [5.74, 6) is -0.765. The number of fused-ring (bicyclic) bond motifs is 2. The van der Waals surface area contributed by atoms with Crippen molar-refractivity contribution in [2.24, 2.45) is 0 Å². The van der Waals surface area contributed by atoms with Gasteiger partial charge in [0.1, 0.15) is 11.5 Å². The number of nitrogens with zero attached hydrogens (tertiary/aromatic N) is 2. The molecule has 0 unspecified atom stereocenters. The number of alkyl halides is 3. The number of rotatable bonds is 3. The molecule has 1 aromatic carbocycles. The second-order valence-corrected chi connectivity index (χ2v) is 7.30. The highest BCUT2D eigenvalue weighted by Crippen LogP contribution is 2.37. The predicted octanol–water partition coefficient (Wildman–Crippen LogP) is 3.48. The summed E-state index contributed by atoms with van der Waals surface area (Å²) in [4.78, 5) is 19.6. The standard InChI is InChI=1S/C17H12F4N2O3S/c18-9-3-1-8(2-4-9)10-5-14(17(19,20)21)23-16(22-10)27-13-6-11(24)15-25-7-12(13)26-15/h1-5,12-13,15H,6-7H2/t12-,13+,15+/m0/s1. The molecule has 0 N–H and O–H groups in total. The van der Waals surface area contributed by atoms with Crippen molar-refractivity contribution < 1.29 is 31.8 Å². The number of halogens is 4. The van der Waals surface area contributed by atoms with Gasteiger partial charge in [0.25, 0.3) is 0 Å². The molecule has 5 nitrogen and oxygen atoms in total. The number of thioether (sulfide) groups is 1. The fourth-order valence-corrected chi connectivity index (χ4v) is 3.97. The van der Waals surface area contributed by atoms with Crippen molar-refractivity contribution in [1.29, 1.82) is 0 Å². The van der Waals surface area contributed by atoms with Crippen LogP contribution in [0, 0.1) is 5.82 Å². The van der Waals surface area contributed by atoms with Gasteiger partial charge in [0, 0.05) is 17.2 Å². The first-order valence-electron chi connectivity index (χ1n) is 7.98. The van der Waals surface area contributed by atoms with Gasteiger partial charge in [-0.3, -0.25) is 4.79 Å². The van der Waals surface area contributed by atoms with Crippen molar-refractivity contribution in [3.8, 4) is 11.3 Å². The van der Waals surface area contributed by atoms with Crippen LogP contribution in [-0.4, -0.2) is 40.0 Å². The zero-order chi connectivity index (χ0) is 19.2. The maximum Gasteiger partial charge on any atom is 0.433 e. The number of hydrogen-bond donors (Lipinski definition) is 0. The van der Waals surface area contributed by atoms with Crippen molar-refractivity contribution in [3.05, 3.63) is 41.8 Å².